The number of hydrogen-bond acceptors (Lipinski definition) is 5. The summed E-state index contributed by atoms with van der Waals surface area (Å²) in [7, 11) is 0. The van der Waals surface area contributed by atoms with Crippen molar-refractivity contribution in [1.29, 1.82) is 0 Å². The summed E-state index contributed by atoms with van der Waals surface area (Å²) in [5, 5.41) is 10.8. The van der Waals surface area contributed by atoms with Crippen molar-refractivity contribution in [3.8, 4) is 0 Å². The van der Waals surface area contributed by atoms with E-state index in [4.69, 9.17) is 4.42 Å². The summed E-state index contributed by atoms with van der Waals surface area (Å²) in [6, 6.07) is 13.0. The lowest BCUT2D eigenvalue weighted by Crippen LogP contribution is -2.45. The lowest BCUT2D eigenvalue weighted by atomic mass is 10.1. The summed E-state index contributed by atoms with van der Waals surface area (Å²) < 4.78 is 47.5. The second-order valence-electron chi connectivity index (χ2n) is 8.94. The maximum atomic E-state index is 13.8. The van der Waals surface area contributed by atoms with Crippen LogP contribution in [0.15, 0.2) is 71.3 Å². The van der Waals surface area contributed by atoms with E-state index in [1.807, 2.05) is 13.8 Å². The lowest BCUT2D eigenvalue weighted by molar-refractivity contribution is -0.137. The predicted octanol–water partition coefficient (Wildman–Crippen LogP) is 4.98. The molecule has 0 fully saturated rings. The Morgan fingerprint density at radius 1 is 1.08 bits per heavy atom. The van der Waals surface area contributed by atoms with E-state index in [1.54, 1.807) is 30.3 Å². The van der Waals surface area contributed by atoms with E-state index >= 15 is 0 Å². The Kier molecular flexibility index (Phi) is 7.61. The lowest BCUT2D eigenvalue weighted by Gasteiger charge is -2.30. The SMILES string of the molecule is CC(C)CCNC(=O)[C@H](c1ccco1)N(C(=O)Cn1nnc2ccccc21)c1cccc(C(F)(F)F)c1. The number of carbonyl (C=O) groups excluding carboxylic acids is 2. The average Bonchev–Trinajstić information content (AvgIpc) is 3.52. The number of furan rings is 1. The molecule has 37 heavy (non-hydrogen) atoms. The highest BCUT2D eigenvalue weighted by Gasteiger charge is 2.37. The summed E-state index contributed by atoms with van der Waals surface area (Å²) in [5.74, 6) is -0.833. The Hall–Kier alpha value is -4.15. The third-order valence-electron chi connectivity index (χ3n) is 5.77. The fourth-order valence-electron chi connectivity index (χ4n) is 3.91. The van der Waals surface area contributed by atoms with Crippen molar-refractivity contribution in [2.24, 2.45) is 5.92 Å². The molecule has 0 aliphatic carbocycles. The van der Waals surface area contributed by atoms with Crippen LogP contribution < -0.4 is 10.2 Å². The van der Waals surface area contributed by atoms with Gasteiger partial charge in [-0.15, -0.1) is 5.10 Å². The Morgan fingerprint density at radius 2 is 1.86 bits per heavy atom. The highest BCUT2D eigenvalue weighted by molar-refractivity contribution is 6.01. The van der Waals surface area contributed by atoms with Gasteiger partial charge in [0.15, 0.2) is 6.04 Å². The third kappa shape index (κ3) is 5.99. The van der Waals surface area contributed by atoms with Crippen LogP contribution in [0.3, 0.4) is 0 Å². The van der Waals surface area contributed by atoms with Crippen molar-refractivity contribution in [2.45, 2.75) is 39.0 Å². The smallest absolute Gasteiger partial charge is 0.416 e. The molecule has 8 nitrogen and oxygen atoms in total. The number of anilines is 1. The molecule has 0 aliphatic heterocycles. The van der Waals surface area contributed by atoms with Gasteiger partial charge in [0.05, 0.1) is 17.3 Å². The van der Waals surface area contributed by atoms with Crippen LogP contribution in [-0.4, -0.2) is 33.4 Å². The van der Waals surface area contributed by atoms with Crippen LogP contribution in [0.25, 0.3) is 11.0 Å². The Labute approximate surface area is 211 Å². The second kappa shape index (κ2) is 10.9. The number of aromatic nitrogens is 3. The van der Waals surface area contributed by atoms with Crippen molar-refractivity contribution in [3.63, 3.8) is 0 Å². The molecule has 0 unspecified atom stereocenters. The quantitative estimate of drug-likeness (QED) is 0.341. The topological polar surface area (TPSA) is 93.3 Å². The maximum Gasteiger partial charge on any atom is 0.416 e. The number of nitrogens with zero attached hydrogens (tertiary/aromatic N) is 4. The van der Waals surface area contributed by atoms with Gasteiger partial charge in [0.2, 0.25) is 5.91 Å². The van der Waals surface area contributed by atoms with E-state index in [0.29, 0.717) is 29.9 Å². The van der Waals surface area contributed by atoms with E-state index < -0.39 is 29.6 Å². The molecular formula is C26H26F3N5O3. The second-order valence-corrected chi connectivity index (χ2v) is 8.94. The summed E-state index contributed by atoms with van der Waals surface area (Å²) in [6.07, 6.45) is -2.63. The van der Waals surface area contributed by atoms with Crippen molar-refractivity contribution in [3.05, 3.63) is 78.3 Å². The van der Waals surface area contributed by atoms with E-state index in [9.17, 15) is 22.8 Å². The minimum Gasteiger partial charge on any atom is -0.467 e. The molecule has 194 valence electrons. The van der Waals surface area contributed by atoms with Crippen LogP contribution in [0.2, 0.25) is 0 Å². The third-order valence-corrected chi connectivity index (χ3v) is 5.77. The standard InChI is InChI=1S/C26H26F3N5O3/c1-17(2)12-13-30-25(36)24(22-11-6-14-37-22)34(19-8-5-7-18(15-19)26(27,28)29)23(35)16-33-21-10-4-3-9-20(21)31-32-33/h3-11,14-15,17,24H,12-13,16H2,1-2H3,(H,30,36)/t24-/m0/s1. The predicted molar refractivity (Wildman–Crippen MR) is 130 cm³/mol. The van der Waals surface area contributed by atoms with Crippen LogP contribution in [0, 0.1) is 5.92 Å². The van der Waals surface area contributed by atoms with Gasteiger partial charge in [0, 0.05) is 12.2 Å². The van der Waals surface area contributed by atoms with Gasteiger partial charge < -0.3 is 9.73 Å². The van der Waals surface area contributed by atoms with Gasteiger partial charge in [-0.05, 0) is 54.8 Å². The van der Waals surface area contributed by atoms with Crippen LogP contribution in [-0.2, 0) is 22.3 Å². The van der Waals surface area contributed by atoms with Crippen molar-refractivity contribution in [1.82, 2.24) is 20.3 Å². The highest BCUT2D eigenvalue weighted by Crippen LogP contribution is 2.35. The number of hydrogen-bond donors (Lipinski definition) is 1. The fraction of sp³-hybridized carbons (Fsp3) is 0.308. The summed E-state index contributed by atoms with van der Waals surface area (Å²) in [5.41, 5.74) is 0.0581. The maximum absolute atomic E-state index is 13.8. The molecule has 0 saturated heterocycles. The summed E-state index contributed by atoms with van der Waals surface area (Å²) in [4.78, 5) is 28.2. The zero-order valence-electron chi connectivity index (χ0n) is 20.3. The largest absolute Gasteiger partial charge is 0.467 e. The molecule has 2 heterocycles. The van der Waals surface area contributed by atoms with Crippen molar-refractivity contribution in [2.75, 3.05) is 11.4 Å². The number of amides is 2. The number of rotatable bonds is 9. The Bertz CT molecular complexity index is 1370. The highest BCUT2D eigenvalue weighted by atomic mass is 19.4. The van der Waals surface area contributed by atoms with Crippen LogP contribution >= 0.6 is 0 Å². The number of fused-ring (bicyclic) bond motifs is 1. The van der Waals surface area contributed by atoms with Gasteiger partial charge in [-0.2, -0.15) is 13.2 Å². The van der Waals surface area contributed by atoms with Gasteiger partial charge in [0.25, 0.3) is 5.91 Å². The van der Waals surface area contributed by atoms with E-state index in [2.05, 4.69) is 15.6 Å². The molecule has 11 heteroatoms. The first kappa shape index (κ1) is 25.9. The number of nitrogens with one attached hydrogen (secondary N) is 1. The molecule has 4 aromatic rings. The minimum atomic E-state index is -4.65. The molecule has 2 amide bonds. The number of benzene rings is 2. The van der Waals surface area contributed by atoms with E-state index in [1.165, 1.54) is 29.1 Å². The Balaban J connectivity index is 1.77. The molecule has 0 saturated carbocycles. The van der Waals surface area contributed by atoms with Crippen molar-refractivity contribution < 1.29 is 27.2 Å². The minimum absolute atomic E-state index is 0.107. The molecule has 1 N–H and O–H groups in total. The fourth-order valence-corrected chi connectivity index (χ4v) is 3.91. The van der Waals surface area contributed by atoms with Gasteiger partial charge in [0.1, 0.15) is 17.8 Å². The molecule has 0 spiro atoms. The molecule has 1 atom stereocenters. The van der Waals surface area contributed by atoms with Gasteiger partial charge in [-0.1, -0.05) is 37.3 Å². The van der Waals surface area contributed by atoms with Gasteiger partial charge in [-0.3, -0.25) is 14.5 Å². The van der Waals surface area contributed by atoms with E-state index in [0.717, 1.165) is 17.0 Å². The normalized spacial score (nSPS) is 12.6. The van der Waals surface area contributed by atoms with Gasteiger partial charge in [-0.25, -0.2) is 4.68 Å². The van der Waals surface area contributed by atoms with Crippen LogP contribution in [0.5, 0.6) is 0 Å². The molecule has 0 radical (unpaired) electrons. The number of para-hydroxylation sites is 1. The zero-order chi connectivity index (χ0) is 26.6. The van der Waals surface area contributed by atoms with Gasteiger partial charge >= 0.3 is 6.18 Å². The summed E-state index contributed by atoms with van der Waals surface area (Å²) >= 11 is 0. The molecule has 2 aromatic heterocycles. The number of halogens is 3. The molecular weight excluding hydrogens is 487 g/mol. The van der Waals surface area contributed by atoms with Crippen molar-refractivity contribution >= 4 is 28.5 Å². The molecule has 0 aliphatic rings. The molecule has 4 rings (SSSR count). The first-order chi connectivity index (χ1) is 17.6. The summed E-state index contributed by atoms with van der Waals surface area (Å²) in [6.45, 7) is 3.95. The molecule has 0 bridgehead atoms. The average molecular weight is 514 g/mol. The molecule has 2 aromatic carbocycles. The first-order valence-electron chi connectivity index (χ1n) is 11.7. The number of alkyl halides is 3. The number of carbonyl (C=O) groups is 2. The van der Waals surface area contributed by atoms with Crippen LogP contribution in [0.1, 0.15) is 37.6 Å². The van der Waals surface area contributed by atoms with Crippen LogP contribution in [0.4, 0.5) is 18.9 Å². The monoisotopic (exact) mass is 513 g/mol. The first-order valence-corrected chi connectivity index (χ1v) is 11.7. The zero-order valence-corrected chi connectivity index (χ0v) is 20.3. The Morgan fingerprint density at radius 3 is 2.57 bits per heavy atom. The van der Waals surface area contributed by atoms with E-state index in [-0.39, 0.29) is 18.0 Å².